The number of hydrogen-bond acceptors (Lipinski definition) is 5. The van der Waals surface area contributed by atoms with Crippen LogP contribution >= 0.6 is 0 Å². The van der Waals surface area contributed by atoms with Crippen LogP contribution in [0.1, 0.15) is 12.5 Å². The summed E-state index contributed by atoms with van der Waals surface area (Å²) in [6, 6.07) is 0. The minimum atomic E-state index is -0.0546. The smallest absolute Gasteiger partial charge is 0.293 e. The second kappa shape index (κ2) is 8.70. The van der Waals surface area contributed by atoms with Gasteiger partial charge in [0.05, 0.1) is 19.3 Å². The molecule has 9 heteroatoms. The van der Waals surface area contributed by atoms with Crippen molar-refractivity contribution in [3.8, 4) is 0 Å². The van der Waals surface area contributed by atoms with Gasteiger partial charge in [-0.3, -0.25) is 14.5 Å². The highest BCUT2D eigenvalue weighted by atomic mass is 16.1. The summed E-state index contributed by atoms with van der Waals surface area (Å²) in [4.78, 5) is 25.6. The van der Waals surface area contributed by atoms with Gasteiger partial charge in [-0.05, 0) is 19.4 Å². The lowest BCUT2D eigenvalue weighted by molar-refractivity contribution is 0.370. The average Bonchev–Trinajstić information content (AvgIpc) is 3.09. The van der Waals surface area contributed by atoms with Crippen molar-refractivity contribution in [2.45, 2.75) is 20.4 Å². The Morgan fingerprint density at radius 3 is 2.74 bits per heavy atom. The van der Waals surface area contributed by atoms with Gasteiger partial charge in [0, 0.05) is 58.4 Å². The van der Waals surface area contributed by atoms with E-state index in [-0.39, 0.29) is 5.56 Å². The minimum Gasteiger partial charge on any atom is -0.357 e. The van der Waals surface area contributed by atoms with Gasteiger partial charge in [0.1, 0.15) is 0 Å². The van der Waals surface area contributed by atoms with Crippen LogP contribution in [0.15, 0.2) is 34.6 Å². The van der Waals surface area contributed by atoms with E-state index in [4.69, 9.17) is 4.99 Å². The van der Waals surface area contributed by atoms with Crippen LogP contribution in [0.4, 0.5) is 5.82 Å². The Balaban J connectivity index is 1.60. The van der Waals surface area contributed by atoms with Crippen LogP contribution in [0.2, 0.25) is 0 Å². The summed E-state index contributed by atoms with van der Waals surface area (Å²) >= 11 is 0. The number of rotatable bonds is 5. The van der Waals surface area contributed by atoms with Crippen molar-refractivity contribution in [1.29, 1.82) is 0 Å². The first kappa shape index (κ1) is 18.9. The van der Waals surface area contributed by atoms with Crippen molar-refractivity contribution in [2.75, 3.05) is 44.2 Å². The van der Waals surface area contributed by atoms with Crippen LogP contribution in [0.5, 0.6) is 0 Å². The Morgan fingerprint density at radius 1 is 1.30 bits per heavy atom. The van der Waals surface area contributed by atoms with E-state index in [1.165, 1.54) is 0 Å². The fourth-order valence-electron chi connectivity index (χ4n) is 3.10. The first-order valence-corrected chi connectivity index (χ1v) is 9.37. The molecule has 2 aromatic rings. The molecular formula is C18H28N8O. The van der Waals surface area contributed by atoms with Gasteiger partial charge in [-0.1, -0.05) is 0 Å². The summed E-state index contributed by atoms with van der Waals surface area (Å²) in [5.74, 6) is 1.44. The van der Waals surface area contributed by atoms with E-state index in [1.54, 1.807) is 24.0 Å². The van der Waals surface area contributed by atoms with E-state index in [0.29, 0.717) is 12.4 Å². The van der Waals surface area contributed by atoms with E-state index in [9.17, 15) is 4.79 Å². The highest BCUT2D eigenvalue weighted by molar-refractivity contribution is 5.80. The van der Waals surface area contributed by atoms with E-state index in [0.717, 1.165) is 50.8 Å². The molecule has 0 amide bonds. The van der Waals surface area contributed by atoms with E-state index in [2.05, 4.69) is 32.1 Å². The monoisotopic (exact) mass is 372 g/mol. The van der Waals surface area contributed by atoms with Gasteiger partial charge in [-0.15, -0.1) is 0 Å². The summed E-state index contributed by atoms with van der Waals surface area (Å²) < 4.78 is 3.48. The van der Waals surface area contributed by atoms with Gasteiger partial charge in [-0.25, -0.2) is 4.98 Å². The molecular weight excluding hydrogens is 344 g/mol. The molecule has 0 aromatic carbocycles. The lowest BCUT2D eigenvalue weighted by atomic mass is 10.3. The molecule has 1 N–H and O–H groups in total. The molecule has 0 unspecified atom stereocenters. The number of hydrogen-bond donors (Lipinski definition) is 1. The van der Waals surface area contributed by atoms with Gasteiger partial charge in [0.15, 0.2) is 11.8 Å². The van der Waals surface area contributed by atoms with E-state index < -0.39 is 0 Å². The predicted octanol–water partition coefficient (Wildman–Crippen LogP) is 0.0729. The molecule has 0 radical (unpaired) electrons. The third-order valence-corrected chi connectivity index (χ3v) is 4.57. The number of piperazine rings is 1. The minimum absolute atomic E-state index is 0.0546. The third-order valence-electron chi connectivity index (χ3n) is 4.57. The highest BCUT2D eigenvalue weighted by Gasteiger charge is 2.22. The van der Waals surface area contributed by atoms with Crippen LogP contribution < -0.4 is 15.8 Å². The Kier molecular flexibility index (Phi) is 6.10. The van der Waals surface area contributed by atoms with Gasteiger partial charge >= 0.3 is 0 Å². The van der Waals surface area contributed by atoms with E-state index >= 15 is 0 Å². The maximum atomic E-state index is 12.3. The highest BCUT2D eigenvalue weighted by Crippen LogP contribution is 2.09. The molecule has 0 saturated carbocycles. The molecule has 1 aliphatic rings. The van der Waals surface area contributed by atoms with Crippen LogP contribution in [-0.2, 0) is 13.6 Å². The molecule has 1 aliphatic heterocycles. The largest absolute Gasteiger partial charge is 0.357 e. The van der Waals surface area contributed by atoms with Crippen molar-refractivity contribution in [1.82, 2.24) is 29.5 Å². The predicted molar refractivity (Wildman–Crippen MR) is 106 cm³/mol. The number of nitrogens with zero attached hydrogens (tertiary/aromatic N) is 7. The number of guanidine groups is 1. The first-order chi connectivity index (χ1) is 13.1. The fraction of sp³-hybridized carbons (Fsp3) is 0.556. The zero-order valence-corrected chi connectivity index (χ0v) is 16.3. The molecule has 0 bridgehead atoms. The summed E-state index contributed by atoms with van der Waals surface area (Å²) in [7, 11) is 1.75. The summed E-state index contributed by atoms with van der Waals surface area (Å²) in [6.45, 7) is 9.44. The second-order valence-electron chi connectivity index (χ2n) is 6.66. The summed E-state index contributed by atoms with van der Waals surface area (Å²) in [5.41, 5.74) is 1.10. The number of aliphatic imine (C=N–C) groups is 1. The fourth-order valence-corrected chi connectivity index (χ4v) is 3.10. The molecule has 27 heavy (non-hydrogen) atoms. The molecule has 2 aromatic heterocycles. The maximum absolute atomic E-state index is 12.3. The van der Waals surface area contributed by atoms with Gasteiger partial charge in [-0.2, -0.15) is 5.10 Å². The SMILES string of the molecule is CCNC(=NCCn1cc(C)cn1)N1CCN(c2nccn(C)c2=O)CC1. The average molecular weight is 372 g/mol. The number of anilines is 1. The van der Waals surface area contributed by atoms with Crippen LogP contribution in [-0.4, -0.2) is 69.5 Å². The first-order valence-electron chi connectivity index (χ1n) is 9.37. The zero-order valence-electron chi connectivity index (χ0n) is 16.3. The molecule has 0 spiro atoms. The Hall–Kier alpha value is -2.84. The quantitative estimate of drug-likeness (QED) is 0.591. The Morgan fingerprint density at radius 2 is 2.07 bits per heavy atom. The number of nitrogens with one attached hydrogen (secondary N) is 1. The van der Waals surface area contributed by atoms with E-state index in [1.807, 2.05) is 24.0 Å². The van der Waals surface area contributed by atoms with Gasteiger partial charge in [0.2, 0.25) is 0 Å². The number of aromatic nitrogens is 4. The lowest BCUT2D eigenvalue weighted by Crippen LogP contribution is -2.53. The van der Waals surface area contributed by atoms with Gasteiger partial charge < -0.3 is 19.7 Å². The molecule has 1 fully saturated rings. The second-order valence-corrected chi connectivity index (χ2v) is 6.66. The van der Waals surface area contributed by atoms with Crippen molar-refractivity contribution in [3.63, 3.8) is 0 Å². The van der Waals surface area contributed by atoms with Crippen molar-refractivity contribution in [3.05, 3.63) is 40.7 Å². The topological polar surface area (TPSA) is 83.6 Å². The molecule has 0 aliphatic carbocycles. The maximum Gasteiger partial charge on any atom is 0.293 e. The lowest BCUT2D eigenvalue weighted by Gasteiger charge is -2.36. The van der Waals surface area contributed by atoms with Crippen LogP contribution in [0.3, 0.4) is 0 Å². The molecule has 1 saturated heterocycles. The third kappa shape index (κ3) is 4.66. The van der Waals surface area contributed by atoms with Crippen LogP contribution in [0, 0.1) is 6.92 Å². The Bertz CT molecular complexity index is 832. The molecule has 146 valence electrons. The summed E-state index contributed by atoms with van der Waals surface area (Å²) in [6.07, 6.45) is 7.23. The Labute approximate surface area is 159 Å². The molecule has 3 heterocycles. The van der Waals surface area contributed by atoms with Gasteiger partial charge in [0.25, 0.3) is 5.56 Å². The van der Waals surface area contributed by atoms with Crippen molar-refractivity contribution < 1.29 is 0 Å². The normalized spacial score (nSPS) is 15.3. The standard InChI is InChI=1S/C18H28N8O/c1-4-19-18(21-6-8-26-14-15(2)13-22-26)25-11-9-24(10-12-25)16-17(27)23(3)7-5-20-16/h5,7,13-14H,4,6,8-12H2,1-3H3,(H,19,21). The van der Waals surface area contributed by atoms with Crippen molar-refractivity contribution in [2.24, 2.45) is 12.0 Å². The summed E-state index contributed by atoms with van der Waals surface area (Å²) in [5, 5.41) is 7.66. The van der Waals surface area contributed by atoms with Crippen LogP contribution in [0.25, 0.3) is 0 Å². The zero-order chi connectivity index (χ0) is 19.2. The molecule has 0 atom stereocenters. The molecule has 9 nitrogen and oxygen atoms in total. The number of aryl methyl sites for hydroxylation is 2. The molecule has 3 rings (SSSR count). The van der Waals surface area contributed by atoms with Crippen molar-refractivity contribution >= 4 is 11.8 Å².